The topological polar surface area (TPSA) is 21.3 Å². The van der Waals surface area contributed by atoms with E-state index in [0.717, 1.165) is 12.1 Å². The minimum Gasteiger partial charge on any atom is -0.494 e. The van der Waals surface area contributed by atoms with Crippen LogP contribution in [0, 0.1) is 11.6 Å². The van der Waals surface area contributed by atoms with E-state index in [-0.39, 0.29) is 18.0 Å². The van der Waals surface area contributed by atoms with Crippen molar-refractivity contribution < 1.29 is 26.7 Å². The molecule has 0 heterocycles. The summed E-state index contributed by atoms with van der Waals surface area (Å²) in [6.07, 6.45) is -4.01. The molecule has 0 spiro atoms. The number of halogens is 5. The second-order valence-corrected chi connectivity index (χ2v) is 4.81. The molecule has 0 saturated heterocycles. The Hall–Kier alpha value is -2.31. The van der Waals surface area contributed by atoms with Crippen LogP contribution in [-0.4, -0.2) is 13.7 Å². The van der Waals surface area contributed by atoms with Gasteiger partial charge in [-0.1, -0.05) is 12.1 Å². The Morgan fingerprint density at radius 3 is 2.17 bits per heavy atom. The van der Waals surface area contributed by atoms with Crippen LogP contribution in [-0.2, 0) is 12.6 Å². The monoisotopic (exact) mass is 331 g/mol. The Kier molecular flexibility index (Phi) is 5.08. The van der Waals surface area contributed by atoms with E-state index in [2.05, 4.69) is 10.1 Å². The molecule has 124 valence electrons. The van der Waals surface area contributed by atoms with Crippen molar-refractivity contribution in [2.24, 2.45) is 0 Å². The fraction of sp³-hybridized carbons (Fsp3) is 0.250. The number of rotatable bonds is 5. The average Bonchev–Trinajstić information content (AvgIpc) is 2.51. The van der Waals surface area contributed by atoms with E-state index in [1.165, 1.54) is 31.4 Å². The normalized spacial score (nSPS) is 11.4. The summed E-state index contributed by atoms with van der Waals surface area (Å²) in [6.45, 7) is 0.244. The maximum absolute atomic E-state index is 13.7. The SMILES string of the molecule is COc1ccc(NCCc2ccc(C(F)(F)F)cc2)c(F)c1F. The standard InChI is InChI=1S/C16H14F5NO/c1-23-13-7-6-12(14(17)15(13)18)22-9-8-10-2-4-11(5-3-10)16(19,20)21/h2-7,22H,8-9H2,1H3. The van der Waals surface area contributed by atoms with Crippen molar-refractivity contribution in [2.75, 3.05) is 19.0 Å². The second kappa shape index (κ2) is 6.85. The highest BCUT2D eigenvalue weighted by molar-refractivity contribution is 5.49. The minimum absolute atomic E-state index is 0.0322. The van der Waals surface area contributed by atoms with Crippen molar-refractivity contribution in [3.63, 3.8) is 0 Å². The molecule has 0 aromatic heterocycles. The number of anilines is 1. The largest absolute Gasteiger partial charge is 0.494 e. The molecule has 0 radical (unpaired) electrons. The quantitative estimate of drug-likeness (QED) is 0.806. The molecule has 0 saturated carbocycles. The summed E-state index contributed by atoms with van der Waals surface area (Å²) in [5.41, 5.74) is -0.104. The van der Waals surface area contributed by atoms with Gasteiger partial charge in [-0.3, -0.25) is 0 Å². The van der Waals surface area contributed by atoms with E-state index < -0.39 is 23.4 Å². The molecule has 0 aliphatic heterocycles. The zero-order valence-electron chi connectivity index (χ0n) is 12.2. The predicted molar refractivity (Wildman–Crippen MR) is 76.5 cm³/mol. The van der Waals surface area contributed by atoms with Crippen molar-refractivity contribution in [3.05, 3.63) is 59.2 Å². The molecule has 0 aliphatic rings. The number of nitrogens with one attached hydrogen (secondary N) is 1. The van der Waals surface area contributed by atoms with Crippen molar-refractivity contribution >= 4 is 5.69 Å². The molecule has 23 heavy (non-hydrogen) atoms. The Morgan fingerprint density at radius 2 is 1.61 bits per heavy atom. The summed E-state index contributed by atoms with van der Waals surface area (Å²) in [5.74, 6) is -2.35. The zero-order chi connectivity index (χ0) is 17.0. The molecule has 2 rings (SSSR count). The van der Waals surface area contributed by atoms with Crippen LogP contribution >= 0.6 is 0 Å². The molecule has 0 unspecified atom stereocenters. The van der Waals surface area contributed by atoms with Crippen LogP contribution in [0.15, 0.2) is 36.4 Å². The number of benzene rings is 2. The molecule has 0 bridgehead atoms. The first kappa shape index (κ1) is 17.1. The molecule has 1 N–H and O–H groups in total. The third-order valence-electron chi connectivity index (χ3n) is 3.28. The third kappa shape index (κ3) is 4.12. The molecule has 2 nitrogen and oxygen atoms in total. The Labute approximate surface area is 129 Å². The van der Waals surface area contributed by atoms with Crippen LogP contribution in [0.3, 0.4) is 0 Å². The van der Waals surface area contributed by atoms with Gasteiger partial charge in [0.2, 0.25) is 5.82 Å². The van der Waals surface area contributed by atoms with Crippen molar-refractivity contribution in [3.8, 4) is 5.75 Å². The van der Waals surface area contributed by atoms with Gasteiger partial charge in [0.1, 0.15) is 0 Å². The van der Waals surface area contributed by atoms with Crippen LogP contribution in [0.5, 0.6) is 5.75 Å². The first-order chi connectivity index (χ1) is 10.8. The Morgan fingerprint density at radius 1 is 0.957 bits per heavy atom. The first-order valence-electron chi connectivity index (χ1n) is 6.75. The molecular formula is C16H14F5NO. The first-order valence-corrected chi connectivity index (χ1v) is 6.75. The lowest BCUT2D eigenvalue weighted by Crippen LogP contribution is -2.08. The Bertz CT molecular complexity index is 667. The summed E-state index contributed by atoms with van der Waals surface area (Å²) in [6, 6.07) is 7.32. The maximum Gasteiger partial charge on any atom is 0.416 e. The molecular weight excluding hydrogens is 317 g/mol. The van der Waals surface area contributed by atoms with Gasteiger partial charge in [0.05, 0.1) is 18.4 Å². The lowest BCUT2D eigenvalue weighted by Gasteiger charge is -2.11. The molecule has 7 heteroatoms. The van der Waals surface area contributed by atoms with E-state index in [1.807, 2.05) is 0 Å². The summed E-state index contributed by atoms with van der Waals surface area (Å²) in [5, 5.41) is 2.71. The van der Waals surface area contributed by atoms with E-state index >= 15 is 0 Å². The van der Waals surface area contributed by atoms with Gasteiger partial charge >= 0.3 is 6.18 Å². The summed E-state index contributed by atoms with van der Waals surface area (Å²) >= 11 is 0. The zero-order valence-corrected chi connectivity index (χ0v) is 12.2. The fourth-order valence-electron chi connectivity index (χ4n) is 2.03. The summed E-state index contributed by atoms with van der Waals surface area (Å²) < 4.78 is 69.2. The molecule has 0 atom stereocenters. The minimum atomic E-state index is -4.37. The number of hydrogen-bond acceptors (Lipinski definition) is 2. The van der Waals surface area contributed by atoms with Crippen molar-refractivity contribution in [1.29, 1.82) is 0 Å². The number of alkyl halides is 3. The second-order valence-electron chi connectivity index (χ2n) is 4.81. The third-order valence-corrected chi connectivity index (χ3v) is 3.28. The van der Waals surface area contributed by atoms with Gasteiger partial charge in [0.25, 0.3) is 0 Å². The van der Waals surface area contributed by atoms with Gasteiger partial charge in [-0.2, -0.15) is 17.6 Å². The van der Waals surface area contributed by atoms with Crippen LogP contribution in [0.2, 0.25) is 0 Å². The fourth-order valence-corrected chi connectivity index (χ4v) is 2.03. The highest BCUT2D eigenvalue weighted by Gasteiger charge is 2.29. The van der Waals surface area contributed by atoms with Gasteiger partial charge in [-0.05, 0) is 36.2 Å². The van der Waals surface area contributed by atoms with E-state index in [9.17, 15) is 22.0 Å². The van der Waals surface area contributed by atoms with Crippen LogP contribution in [0.25, 0.3) is 0 Å². The number of ether oxygens (including phenoxy) is 1. The number of hydrogen-bond donors (Lipinski definition) is 1. The van der Waals surface area contributed by atoms with Crippen LogP contribution in [0.4, 0.5) is 27.6 Å². The summed E-state index contributed by atoms with van der Waals surface area (Å²) in [7, 11) is 1.23. The van der Waals surface area contributed by atoms with E-state index in [1.54, 1.807) is 0 Å². The van der Waals surface area contributed by atoms with Crippen molar-refractivity contribution in [1.82, 2.24) is 0 Å². The molecule has 2 aromatic rings. The lowest BCUT2D eigenvalue weighted by atomic mass is 10.1. The lowest BCUT2D eigenvalue weighted by molar-refractivity contribution is -0.137. The van der Waals surface area contributed by atoms with E-state index in [4.69, 9.17) is 0 Å². The smallest absolute Gasteiger partial charge is 0.416 e. The van der Waals surface area contributed by atoms with Gasteiger partial charge in [-0.25, -0.2) is 4.39 Å². The number of methoxy groups -OCH3 is 1. The predicted octanol–water partition coefficient (Wildman–Crippen LogP) is 4.65. The van der Waals surface area contributed by atoms with Crippen LogP contribution < -0.4 is 10.1 Å². The van der Waals surface area contributed by atoms with Gasteiger partial charge in [0.15, 0.2) is 11.6 Å². The molecule has 0 amide bonds. The van der Waals surface area contributed by atoms with Crippen LogP contribution in [0.1, 0.15) is 11.1 Å². The summed E-state index contributed by atoms with van der Waals surface area (Å²) in [4.78, 5) is 0. The highest BCUT2D eigenvalue weighted by atomic mass is 19.4. The highest BCUT2D eigenvalue weighted by Crippen LogP contribution is 2.29. The van der Waals surface area contributed by atoms with E-state index in [0.29, 0.717) is 12.0 Å². The van der Waals surface area contributed by atoms with Gasteiger partial charge in [-0.15, -0.1) is 0 Å². The maximum atomic E-state index is 13.7. The Balaban J connectivity index is 1.96. The molecule has 2 aromatic carbocycles. The van der Waals surface area contributed by atoms with Crippen molar-refractivity contribution in [2.45, 2.75) is 12.6 Å². The van der Waals surface area contributed by atoms with Gasteiger partial charge < -0.3 is 10.1 Å². The average molecular weight is 331 g/mol. The molecule has 0 aliphatic carbocycles. The molecule has 0 fully saturated rings. The van der Waals surface area contributed by atoms with Gasteiger partial charge in [0, 0.05) is 6.54 Å².